The van der Waals surface area contributed by atoms with Gasteiger partial charge in [-0.15, -0.1) is 0 Å². The van der Waals surface area contributed by atoms with E-state index in [4.69, 9.17) is 0 Å². The van der Waals surface area contributed by atoms with Crippen LogP contribution in [0.1, 0.15) is 34.3 Å². The molecule has 2 aromatic rings. The predicted molar refractivity (Wildman–Crippen MR) is 100 cm³/mol. The second kappa shape index (κ2) is 7.23. The Hall–Kier alpha value is -2.41. The standard InChI is InChI=1S/C18H22N4O2S/c1-4-19-18-20-12(3)16(25-18)17(24)21-13-9-15(23)22(10-13)14-7-5-6-11(2)8-14/h5-8,13H,4,9-10H2,1-3H3,(H,19,20)(H,21,24)/t13-/m0/s1. The van der Waals surface area contributed by atoms with E-state index in [1.165, 1.54) is 11.3 Å². The summed E-state index contributed by atoms with van der Waals surface area (Å²) in [5.41, 5.74) is 2.69. The molecule has 7 heteroatoms. The molecule has 1 saturated heterocycles. The molecule has 1 fully saturated rings. The average molecular weight is 358 g/mol. The second-order valence-corrected chi connectivity index (χ2v) is 7.18. The zero-order chi connectivity index (χ0) is 18.0. The molecule has 2 N–H and O–H groups in total. The van der Waals surface area contributed by atoms with E-state index >= 15 is 0 Å². The summed E-state index contributed by atoms with van der Waals surface area (Å²) in [6.07, 6.45) is 0.317. The van der Waals surface area contributed by atoms with Gasteiger partial charge in [0.1, 0.15) is 4.88 Å². The molecule has 2 heterocycles. The zero-order valence-corrected chi connectivity index (χ0v) is 15.4. The number of aryl methyl sites for hydroxylation is 2. The first-order chi connectivity index (χ1) is 12.0. The molecule has 0 bridgehead atoms. The number of thiazole rings is 1. The quantitative estimate of drug-likeness (QED) is 0.862. The normalized spacial score (nSPS) is 17.0. The van der Waals surface area contributed by atoms with Crippen LogP contribution in [-0.4, -0.2) is 35.9 Å². The number of rotatable bonds is 5. The van der Waals surface area contributed by atoms with Crippen molar-refractivity contribution in [2.45, 2.75) is 33.2 Å². The van der Waals surface area contributed by atoms with E-state index in [1.807, 2.05) is 45.0 Å². The Morgan fingerprint density at radius 3 is 2.92 bits per heavy atom. The first kappa shape index (κ1) is 17.4. The summed E-state index contributed by atoms with van der Waals surface area (Å²) in [4.78, 5) is 31.6. The number of amides is 2. The molecule has 0 spiro atoms. The van der Waals surface area contributed by atoms with Crippen molar-refractivity contribution in [3.05, 3.63) is 40.4 Å². The van der Waals surface area contributed by atoms with Crippen LogP contribution in [0.4, 0.5) is 10.8 Å². The van der Waals surface area contributed by atoms with Gasteiger partial charge in [0, 0.05) is 25.2 Å². The molecule has 3 rings (SSSR count). The van der Waals surface area contributed by atoms with Crippen LogP contribution in [-0.2, 0) is 4.79 Å². The van der Waals surface area contributed by atoms with Crippen molar-refractivity contribution in [1.82, 2.24) is 10.3 Å². The van der Waals surface area contributed by atoms with Crippen molar-refractivity contribution in [2.24, 2.45) is 0 Å². The number of anilines is 2. The van der Waals surface area contributed by atoms with Gasteiger partial charge in [0.05, 0.1) is 11.7 Å². The summed E-state index contributed by atoms with van der Waals surface area (Å²) in [5.74, 6) is -0.131. The van der Waals surface area contributed by atoms with E-state index < -0.39 is 0 Å². The van der Waals surface area contributed by atoms with Gasteiger partial charge in [0.25, 0.3) is 5.91 Å². The van der Waals surface area contributed by atoms with Gasteiger partial charge in [-0.05, 0) is 38.5 Å². The van der Waals surface area contributed by atoms with Gasteiger partial charge in [0.2, 0.25) is 5.91 Å². The van der Waals surface area contributed by atoms with Crippen LogP contribution in [0.25, 0.3) is 0 Å². The van der Waals surface area contributed by atoms with Gasteiger partial charge >= 0.3 is 0 Å². The Labute approximate surface area is 151 Å². The lowest BCUT2D eigenvalue weighted by Crippen LogP contribution is -2.37. The fraction of sp³-hybridized carbons (Fsp3) is 0.389. The molecule has 132 valence electrons. The number of nitrogens with one attached hydrogen (secondary N) is 2. The Balaban J connectivity index is 1.68. The lowest BCUT2D eigenvalue weighted by molar-refractivity contribution is -0.117. The van der Waals surface area contributed by atoms with Crippen LogP contribution >= 0.6 is 11.3 Å². The summed E-state index contributed by atoms with van der Waals surface area (Å²) >= 11 is 1.34. The van der Waals surface area contributed by atoms with Crippen LogP contribution in [0.3, 0.4) is 0 Å². The first-order valence-electron chi connectivity index (χ1n) is 8.37. The van der Waals surface area contributed by atoms with E-state index in [0.29, 0.717) is 23.5 Å². The summed E-state index contributed by atoms with van der Waals surface area (Å²) in [6, 6.07) is 7.65. The van der Waals surface area contributed by atoms with E-state index in [-0.39, 0.29) is 17.9 Å². The van der Waals surface area contributed by atoms with Crippen molar-refractivity contribution < 1.29 is 9.59 Å². The SMILES string of the molecule is CCNc1nc(C)c(C(=O)N[C@H]2CC(=O)N(c3cccc(C)c3)C2)s1. The Morgan fingerprint density at radius 1 is 1.40 bits per heavy atom. The number of aromatic nitrogens is 1. The fourth-order valence-corrected chi connectivity index (χ4v) is 3.87. The highest BCUT2D eigenvalue weighted by atomic mass is 32.1. The Morgan fingerprint density at radius 2 is 2.20 bits per heavy atom. The molecular weight excluding hydrogens is 336 g/mol. The predicted octanol–water partition coefficient (Wildman–Crippen LogP) is 2.73. The lowest BCUT2D eigenvalue weighted by atomic mass is 10.2. The fourth-order valence-electron chi connectivity index (χ4n) is 2.93. The van der Waals surface area contributed by atoms with Crippen LogP contribution in [0.5, 0.6) is 0 Å². The van der Waals surface area contributed by atoms with Crippen molar-refractivity contribution in [3.8, 4) is 0 Å². The summed E-state index contributed by atoms with van der Waals surface area (Å²) < 4.78 is 0. The smallest absolute Gasteiger partial charge is 0.263 e. The van der Waals surface area contributed by atoms with Gasteiger partial charge in [-0.2, -0.15) is 0 Å². The highest BCUT2D eigenvalue weighted by molar-refractivity contribution is 7.17. The molecule has 6 nitrogen and oxygen atoms in total. The highest BCUT2D eigenvalue weighted by Crippen LogP contribution is 2.25. The molecule has 1 aromatic heterocycles. The van der Waals surface area contributed by atoms with E-state index in [9.17, 15) is 9.59 Å². The number of benzene rings is 1. The monoisotopic (exact) mass is 358 g/mol. The van der Waals surface area contributed by atoms with Crippen molar-refractivity contribution in [2.75, 3.05) is 23.3 Å². The molecule has 0 saturated carbocycles. The molecular formula is C18H22N4O2S. The summed E-state index contributed by atoms with van der Waals surface area (Å²) in [5, 5.41) is 6.85. The van der Waals surface area contributed by atoms with Crippen LogP contribution in [0.15, 0.2) is 24.3 Å². The Bertz CT molecular complexity index is 802. The van der Waals surface area contributed by atoms with E-state index in [0.717, 1.165) is 22.9 Å². The molecule has 1 atom stereocenters. The number of nitrogens with zero attached hydrogens (tertiary/aromatic N) is 2. The lowest BCUT2D eigenvalue weighted by Gasteiger charge is -2.17. The van der Waals surface area contributed by atoms with E-state index in [1.54, 1.807) is 4.90 Å². The number of carbonyl (C=O) groups excluding carboxylic acids is 2. The zero-order valence-electron chi connectivity index (χ0n) is 14.6. The largest absolute Gasteiger partial charge is 0.362 e. The maximum Gasteiger partial charge on any atom is 0.263 e. The van der Waals surface area contributed by atoms with E-state index in [2.05, 4.69) is 15.6 Å². The third kappa shape index (κ3) is 3.82. The summed E-state index contributed by atoms with van der Waals surface area (Å²) in [7, 11) is 0. The minimum Gasteiger partial charge on any atom is -0.362 e. The number of hydrogen-bond acceptors (Lipinski definition) is 5. The average Bonchev–Trinajstić information content (AvgIpc) is 3.10. The minimum atomic E-state index is -0.190. The maximum atomic E-state index is 12.5. The number of carbonyl (C=O) groups is 2. The van der Waals surface area contributed by atoms with Gasteiger partial charge in [-0.25, -0.2) is 4.98 Å². The molecule has 0 aliphatic carbocycles. The highest BCUT2D eigenvalue weighted by Gasteiger charge is 2.32. The van der Waals surface area contributed by atoms with Gasteiger partial charge in [-0.3, -0.25) is 9.59 Å². The topological polar surface area (TPSA) is 74.3 Å². The minimum absolute atomic E-state index is 0.0327. The second-order valence-electron chi connectivity index (χ2n) is 6.18. The van der Waals surface area contributed by atoms with Gasteiger partial charge < -0.3 is 15.5 Å². The van der Waals surface area contributed by atoms with Gasteiger partial charge in [-0.1, -0.05) is 23.5 Å². The maximum absolute atomic E-state index is 12.5. The first-order valence-corrected chi connectivity index (χ1v) is 9.18. The van der Waals surface area contributed by atoms with Gasteiger partial charge in [0.15, 0.2) is 5.13 Å². The van der Waals surface area contributed by atoms with Crippen LogP contribution < -0.4 is 15.5 Å². The molecule has 1 aliphatic rings. The van der Waals surface area contributed by atoms with Crippen molar-refractivity contribution in [3.63, 3.8) is 0 Å². The Kier molecular flexibility index (Phi) is 5.03. The molecule has 1 aliphatic heterocycles. The van der Waals surface area contributed by atoms with Crippen molar-refractivity contribution in [1.29, 1.82) is 0 Å². The third-order valence-corrected chi connectivity index (χ3v) is 5.22. The molecule has 1 aromatic carbocycles. The molecule has 0 radical (unpaired) electrons. The molecule has 25 heavy (non-hydrogen) atoms. The van der Waals surface area contributed by atoms with Crippen LogP contribution in [0, 0.1) is 13.8 Å². The third-order valence-electron chi connectivity index (χ3n) is 4.10. The van der Waals surface area contributed by atoms with Crippen molar-refractivity contribution >= 4 is 34.0 Å². The molecule has 2 amide bonds. The molecule has 0 unspecified atom stereocenters. The summed E-state index contributed by atoms with van der Waals surface area (Å²) in [6.45, 7) is 7.06. The van der Waals surface area contributed by atoms with Crippen LogP contribution in [0.2, 0.25) is 0 Å². The number of hydrogen-bond donors (Lipinski definition) is 2.